The summed E-state index contributed by atoms with van der Waals surface area (Å²) in [7, 11) is 0. The monoisotopic (exact) mass is 308 g/mol. The lowest BCUT2D eigenvalue weighted by atomic mass is 10.0. The van der Waals surface area contributed by atoms with Gasteiger partial charge in [0.2, 0.25) is 0 Å². The zero-order valence-electron chi connectivity index (χ0n) is 12.0. The summed E-state index contributed by atoms with van der Waals surface area (Å²) in [4.78, 5) is 26.2. The number of carbonyl (C=O) groups excluding carboxylic acids is 2. The Morgan fingerprint density at radius 3 is 2.71 bits per heavy atom. The minimum Gasteiger partial charge on any atom is -0.450 e. The van der Waals surface area contributed by atoms with Crippen LogP contribution in [0.3, 0.4) is 0 Å². The van der Waals surface area contributed by atoms with Crippen molar-refractivity contribution in [2.45, 2.75) is 30.7 Å². The maximum atomic E-state index is 12.1. The largest absolute Gasteiger partial charge is 0.450 e. The molecule has 0 aliphatic carbocycles. The highest BCUT2D eigenvalue weighted by atomic mass is 32.1. The molecule has 1 aliphatic rings. The molecule has 0 radical (unpaired) electrons. The van der Waals surface area contributed by atoms with E-state index < -0.39 is 0 Å². The quantitative estimate of drug-likeness (QED) is 0.843. The predicted molar refractivity (Wildman–Crippen MR) is 82.8 cm³/mol. The van der Waals surface area contributed by atoms with E-state index in [0.29, 0.717) is 25.3 Å². The van der Waals surface area contributed by atoms with Crippen LogP contribution in [0.4, 0.5) is 4.79 Å². The number of hydrogen-bond acceptors (Lipinski definition) is 4. The van der Waals surface area contributed by atoms with Crippen molar-refractivity contribution in [1.82, 2.24) is 10.2 Å². The first kappa shape index (κ1) is 15.7. The van der Waals surface area contributed by atoms with Gasteiger partial charge in [-0.15, -0.1) is 12.6 Å². The number of piperidine rings is 1. The second-order valence-electron chi connectivity index (χ2n) is 4.98. The molecule has 1 aliphatic heterocycles. The van der Waals surface area contributed by atoms with Crippen LogP contribution in [0.2, 0.25) is 0 Å². The van der Waals surface area contributed by atoms with Gasteiger partial charge in [0, 0.05) is 29.6 Å². The molecule has 2 amide bonds. The Hall–Kier alpha value is -1.69. The molecule has 1 aromatic carbocycles. The lowest BCUT2D eigenvalue weighted by molar-refractivity contribution is 0.0860. The molecule has 2 rings (SSSR count). The first-order valence-corrected chi connectivity index (χ1v) is 7.56. The molecule has 1 heterocycles. The molecule has 0 saturated carbocycles. The molecule has 1 saturated heterocycles. The standard InChI is InChI=1S/C15H20N2O3S/c1-2-20-15(19)17-8-6-12(7-9-17)16-14(18)11-4-3-5-13(21)10-11/h3-5,10,12,21H,2,6-9H2,1H3,(H,16,18). The fourth-order valence-corrected chi connectivity index (χ4v) is 2.56. The van der Waals surface area contributed by atoms with Crippen molar-refractivity contribution in [2.24, 2.45) is 0 Å². The van der Waals surface area contributed by atoms with E-state index in [1.54, 1.807) is 30.0 Å². The SMILES string of the molecule is CCOC(=O)N1CCC(NC(=O)c2cccc(S)c2)CC1. The maximum absolute atomic E-state index is 12.1. The van der Waals surface area contributed by atoms with Crippen LogP contribution in [-0.4, -0.2) is 42.6 Å². The number of nitrogens with one attached hydrogen (secondary N) is 1. The van der Waals surface area contributed by atoms with Gasteiger partial charge in [-0.3, -0.25) is 4.79 Å². The van der Waals surface area contributed by atoms with E-state index in [9.17, 15) is 9.59 Å². The van der Waals surface area contributed by atoms with Crippen LogP contribution in [0.5, 0.6) is 0 Å². The van der Waals surface area contributed by atoms with E-state index in [2.05, 4.69) is 17.9 Å². The number of hydrogen-bond donors (Lipinski definition) is 2. The number of amides is 2. The van der Waals surface area contributed by atoms with Gasteiger partial charge < -0.3 is 15.0 Å². The van der Waals surface area contributed by atoms with Gasteiger partial charge in [0.15, 0.2) is 0 Å². The topological polar surface area (TPSA) is 58.6 Å². The van der Waals surface area contributed by atoms with Crippen molar-refractivity contribution in [3.05, 3.63) is 29.8 Å². The lowest BCUT2D eigenvalue weighted by Gasteiger charge is -2.31. The van der Waals surface area contributed by atoms with Gasteiger partial charge in [-0.2, -0.15) is 0 Å². The number of ether oxygens (including phenoxy) is 1. The fourth-order valence-electron chi connectivity index (χ4n) is 2.34. The molecule has 21 heavy (non-hydrogen) atoms. The summed E-state index contributed by atoms with van der Waals surface area (Å²) in [6.07, 6.45) is 1.21. The molecular formula is C15H20N2O3S. The van der Waals surface area contributed by atoms with E-state index >= 15 is 0 Å². The first-order valence-electron chi connectivity index (χ1n) is 7.11. The second kappa shape index (κ2) is 7.36. The van der Waals surface area contributed by atoms with E-state index in [-0.39, 0.29) is 18.0 Å². The highest BCUT2D eigenvalue weighted by molar-refractivity contribution is 7.80. The van der Waals surface area contributed by atoms with Crippen LogP contribution in [0, 0.1) is 0 Å². The van der Waals surface area contributed by atoms with Gasteiger partial charge in [-0.25, -0.2) is 4.79 Å². The number of rotatable bonds is 3. The van der Waals surface area contributed by atoms with Crippen LogP contribution in [0.1, 0.15) is 30.1 Å². The zero-order valence-corrected chi connectivity index (χ0v) is 12.9. The maximum Gasteiger partial charge on any atom is 0.409 e. The lowest BCUT2D eigenvalue weighted by Crippen LogP contribution is -2.46. The Morgan fingerprint density at radius 1 is 1.38 bits per heavy atom. The molecule has 0 aromatic heterocycles. The minimum atomic E-state index is -0.273. The van der Waals surface area contributed by atoms with Crippen molar-refractivity contribution < 1.29 is 14.3 Å². The summed E-state index contributed by atoms with van der Waals surface area (Å²) in [5.74, 6) is -0.0968. The number of carbonyl (C=O) groups is 2. The first-order chi connectivity index (χ1) is 10.1. The summed E-state index contributed by atoms with van der Waals surface area (Å²) in [5, 5.41) is 3.00. The van der Waals surface area contributed by atoms with Crippen molar-refractivity contribution in [3.8, 4) is 0 Å². The van der Waals surface area contributed by atoms with Gasteiger partial charge >= 0.3 is 6.09 Å². The van der Waals surface area contributed by atoms with Gasteiger partial charge in [0.25, 0.3) is 5.91 Å². The van der Waals surface area contributed by atoms with Gasteiger partial charge in [0.1, 0.15) is 0 Å². The third kappa shape index (κ3) is 4.39. The Labute approximate surface area is 130 Å². The average Bonchev–Trinajstić information content (AvgIpc) is 2.48. The number of nitrogens with zero attached hydrogens (tertiary/aromatic N) is 1. The Morgan fingerprint density at radius 2 is 2.10 bits per heavy atom. The van der Waals surface area contributed by atoms with Crippen molar-refractivity contribution in [1.29, 1.82) is 0 Å². The normalized spacial score (nSPS) is 15.6. The smallest absolute Gasteiger partial charge is 0.409 e. The molecule has 0 atom stereocenters. The summed E-state index contributed by atoms with van der Waals surface area (Å²) in [6, 6.07) is 7.24. The van der Waals surface area contributed by atoms with Crippen LogP contribution in [0.15, 0.2) is 29.2 Å². The van der Waals surface area contributed by atoms with Crippen LogP contribution in [-0.2, 0) is 4.74 Å². The van der Waals surface area contributed by atoms with E-state index in [0.717, 1.165) is 17.7 Å². The average molecular weight is 308 g/mol. The molecule has 5 nitrogen and oxygen atoms in total. The Kier molecular flexibility index (Phi) is 5.50. The Bertz CT molecular complexity index is 513. The third-order valence-electron chi connectivity index (χ3n) is 3.46. The minimum absolute atomic E-state index is 0.0896. The van der Waals surface area contributed by atoms with E-state index in [4.69, 9.17) is 4.74 Å². The molecule has 0 spiro atoms. The highest BCUT2D eigenvalue weighted by Crippen LogP contribution is 2.13. The summed E-state index contributed by atoms with van der Waals surface area (Å²) in [5.41, 5.74) is 0.607. The fraction of sp³-hybridized carbons (Fsp3) is 0.467. The van der Waals surface area contributed by atoms with Crippen molar-refractivity contribution >= 4 is 24.6 Å². The van der Waals surface area contributed by atoms with Crippen molar-refractivity contribution in [2.75, 3.05) is 19.7 Å². The summed E-state index contributed by atoms with van der Waals surface area (Å²) >= 11 is 4.23. The summed E-state index contributed by atoms with van der Waals surface area (Å²) < 4.78 is 4.97. The number of likely N-dealkylation sites (tertiary alicyclic amines) is 1. The van der Waals surface area contributed by atoms with Gasteiger partial charge in [-0.1, -0.05) is 6.07 Å². The Balaban J connectivity index is 1.83. The molecule has 1 N–H and O–H groups in total. The van der Waals surface area contributed by atoms with Crippen molar-refractivity contribution in [3.63, 3.8) is 0 Å². The van der Waals surface area contributed by atoms with Gasteiger partial charge in [0.05, 0.1) is 6.61 Å². The molecule has 1 fully saturated rings. The number of thiol groups is 1. The van der Waals surface area contributed by atoms with E-state index in [1.165, 1.54) is 0 Å². The third-order valence-corrected chi connectivity index (χ3v) is 3.74. The van der Waals surface area contributed by atoms with Crippen LogP contribution in [0.25, 0.3) is 0 Å². The molecule has 0 unspecified atom stereocenters. The van der Waals surface area contributed by atoms with Gasteiger partial charge in [-0.05, 0) is 38.0 Å². The van der Waals surface area contributed by atoms with E-state index in [1.807, 2.05) is 6.07 Å². The molecule has 0 bridgehead atoms. The second-order valence-corrected chi connectivity index (χ2v) is 5.50. The number of benzene rings is 1. The molecule has 6 heteroatoms. The molecule has 114 valence electrons. The predicted octanol–water partition coefficient (Wildman–Crippen LogP) is 2.33. The summed E-state index contributed by atoms with van der Waals surface area (Å²) in [6.45, 7) is 3.39. The van der Waals surface area contributed by atoms with Crippen LogP contribution >= 0.6 is 12.6 Å². The molecule has 1 aromatic rings. The highest BCUT2D eigenvalue weighted by Gasteiger charge is 2.24. The molecular weight excluding hydrogens is 288 g/mol. The zero-order chi connectivity index (χ0) is 15.2. The van der Waals surface area contributed by atoms with Crippen LogP contribution < -0.4 is 5.32 Å².